The summed E-state index contributed by atoms with van der Waals surface area (Å²) in [7, 11) is -4.26. The molecule has 0 unspecified atom stereocenters. The summed E-state index contributed by atoms with van der Waals surface area (Å²) in [4.78, 5) is 42.5. The lowest BCUT2D eigenvalue weighted by atomic mass is 9.85. The Kier molecular flexibility index (Phi) is 4.79. The van der Waals surface area contributed by atoms with E-state index in [0.717, 1.165) is 0 Å². The van der Waals surface area contributed by atoms with E-state index in [1.807, 2.05) is 6.92 Å². The molecule has 4 N–H and O–H groups in total. The highest BCUT2D eigenvalue weighted by Gasteiger charge is 2.54. The molecule has 0 aliphatic carbocycles. The highest BCUT2D eigenvalue weighted by molar-refractivity contribution is 8.03. The van der Waals surface area contributed by atoms with Gasteiger partial charge in [-0.05, 0) is 6.42 Å². The van der Waals surface area contributed by atoms with Crippen LogP contribution in [0.4, 0.5) is 0 Å². The maximum Gasteiger partial charge on any atom is 0.400 e. The first-order valence-electron chi connectivity index (χ1n) is 6.49. The largest absolute Gasteiger partial charge is 0.477 e. The fraction of sp³-hybridized carbons (Fsp3) is 0.636. The first-order valence-corrected chi connectivity index (χ1v) is 9.09. The quantitative estimate of drug-likeness (QED) is 0.298. The van der Waals surface area contributed by atoms with Crippen molar-refractivity contribution in [3.8, 4) is 0 Å². The lowest BCUT2D eigenvalue weighted by Crippen LogP contribution is -2.58. The second-order valence-corrected chi connectivity index (χ2v) is 7.47. The minimum Gasteiger partial charge on any atom is -0.477 e. The molecule has 2 rings (SSSR count). The number of rotatable bonds is 7. The van der Waals surface area contributed by atoms with Crippen LogP contribution < -0.4 is 5.09 Å². The van der Waals surface area contributed by atoms with Gasteiger partial charge in [-0.15, -0.1) is 11.8 Å². The Morgan fingerprint density at radius 2 is 2.19 bits per heavy atom. The van der Waals surface area contributed by atoms with Crippen LogP contribution in [0.3, 0.4) is 0 Å². The number of nitrogens with zero attached hydrogens (tertiary/aromatic N) is 1. The highest BCUT2D eigenvalue weighted by Crippen LogP contribution is 2.46. The average Bonchev–Trinajstić information content (AvgIpc) is 2.69. The molecule has 2 aliphatic rings. The molecule has 0 radical (unpaired) electrons. The van der Waals surface area contributed by atoms with Gasteiger partial charge in [0.15, 0.2) is 0 Å². The molecule has 1 amide bonds. The Hall–Kier alpha value is -0.860. The van der Waals surface area contributed by atoms with Crippen molar-refractivity contribution in [1.82, 2.24) is 9.99 Å². The summed E-state index contributed by atoms with van der Waals surface area (Å²) in [5.74, 6) is -1.08. The molecule has 118 valence electrons. The highest BCUT2D eigenvalue weighted by atomic mass is 32.2. The number of hydrogen-bond donors (Lipinski definition) is 4. The summed E-state index contributed by atoms with van der Waals surface area (Å²) >= 11 is 1.22. The monoisotopic (exact) mass is 336 g/mol. The van der Waals surface area contributed by atoms with Crippen LogP contribution in [0.5, 0.6) is 0 Å². The summed E-state index contributed by atoms with van der Waals surface area (Å²) in [5, 5.41) is 11.3. The fourth-order valence-electron chi connectivity index (χ4n) is 2.70. The number of carboxylic acid groups (broad SMARTS) is 1. The molecule has 2 heterocycles. The number of β-lactam (4-membered cyclic amide) rings is 1. The molecule has 0 aromatic rings. The van der Waals surface area contributed by atoms with Crippen molar-refractivity contribution >= 4 is 31.4 Å². The van der Waals surface area contributed by atoms with Gasteiger partial charge in [0.1, 0.15) is 5.70 Å². The number of aliphatic carboxylic acids is 1. The number of nitrogens with one attached hydrogen (secondary N) is 1. The van der Waals surface area contributed by atoms with E-state index < -0.39 is 13.7 Å². The van der Waals surface area contributed by atoms with Gasteiger partial charge in [0.05, 0.1) is 12.0 Å². The Labute approximate surface area is 125 Å². The molecule has 1 saturated heterocycles. The van der Waals surface area contributed by atoms with Gasteiger partial charge < -0.3 is 19.8 Å². The number of hydrogen-bond acceptors (Lipinski definition) is 4. The maximum absolute atomic E-state index is 11.9. The molecular weight excluding hydrogens is 319 g/mol. The second kappa shape index (κ2) is 6.10. The zero-order valence-electron chi connectivity index (χ0n) is 11.4. The van der Waals surface area contributed by atoms with Crippen molar-refractivity contribution in [2.45, 2.75) is 25.8 Å². The van der Waals surface area contributed by atoms with E-state index in [2.05, 4.69) is 5.09 Å². The second-order valence-electron chi connectivity index (χ2n) is 4.87. The van der Waals surface area contributed by atoms with E-state index in [4.69, 9.17) is 9.79 Å². The molecule has 0 saturated carbocycles. The number of thioether (sulfide) groups is 1. The summed E-state index contributed by atoms with van der Waals surface area (Å²) in [6.45, 7) is 1.95. The van der Waals surface area contributed by atoms with E-state index in [-0.39, 0.29) is 30.1 Å². The summed E-state index contributed by atoms with van der Waals surface area (Å²) in [6, 6.07) is -0.0779. The zero-order chi connectivity index (χ0) is 15.8. The standard InChI is InChI=1S/C11H17N2O6PS/c1-2-6-7-5-8(21-4-3-12-20(17,18)19)9(11(15)16)13(7)10(6)14/h6-7H,2-5H2,1H3,(H,15,16)(H3,12,17,18,19)/t6-,7-/m1/s1. The van der Waals surface area contributed by atoms with Crippen LogP contribution in [-0.4, -0.2) is 50.0 Å². The van der Waals surface area contributed by atoms with Gasteiger partial charge in [0.25, 0.3) is 0 Å². The van der Waals surface area contributed by atoms with E-state index in [9.17, 15) is 19.3 Å². The van der Waals surface area contributed by atoms with Crippen molar-refractivity contribution < 1.29 is 29.0 Å². The number of carbonyl (C=O) groups is 2. The smallest absolute Gasteiger partial charge is 0.400 e. The van der Waals surface area contributed by atoms with Crippen LogP contribution in [0.2, 0.25) is 0 Å². The van der Waals surface area contributed by atoms with E-state index in [1.165, 1.54) is 16.7 Å². The van der Waals surface area contributed by atoms with Gasteiger partial charge in [0, 0.05) is 23.6 Å². The molecular formula is C11H17N2O6PS. The Balaban J connectivity index is 2.00. The average molecular weight is 336 g/mol. The van der Waals surface area contributed by atoms with Crippen molar-refractivity contribution in [3.63, 3.8) is 0 Å². The fourth-order valence-corrected chi connectivity index (χ4v) is 4.31. The van der Waals surface area contributed by atoms with Crippen LogP contribution in [0.1, 0.15) is 19.8 Å². The molecule has 2 atom stereocenters. The Morgan fingerprint density at radius 3 is 2.71 bits per heavy atom. The van der Waals surface area contributed by atoms with Gasteiger partial charge in [-0.25, -0.2) is 14.4 Å². The first kappa shape index (κ1) is 16.5. The van der Waals surface area contributed by atoms with E-state index in [1.54, 1.807) is 0 Å². The topological polar surface area (TPSA) is 127 Å². The normalized spacial score (nSPS) is 25.1. The molecule has 21 heavy (non-hydrogen) atoms. The molecule has 0 bridgehead atoms. The molecule has 8 nitrogen and oxygen atoms in total. The third kappa shape index (κ3) is 3.32. The molecule has 0 spiro atoms. The van der Waals surface area contributed by atoms with Crippen LogP contribution in [0, 0.1) is 5.92 Å². The van der Waals surface area contributed by atoms with Gasteiger partial charge in [-0.2, -0.15) is 0 Å². The predicted molar refractivity (Wildman–Crippen MR) is 76.2 cm³/mol. The van der Waals surface area contributed by atoms with Crippen molar-refractivity contribution in [2.24, 2.45) is 5.92 Å². The van der Waals surface area contributed by atoms with E-state index in [0.29, 0.717) is 23.5 Å². The third-order valence-corrected chi connectivity index (χ3v) is 5.34. The summed E-state index contributed by atoms with van der Waals surface area (Å²) in [5.41, 5.74) is 0.0240. The van der Waals surface area contributed by atoms with Crippen molar-refractivity contribution in [3.05, 3.63) is 10.6 Å². The number of carboxylic acids is 1. The lowest BCUT2D eigenvalue weighted by Gasteiger charge is -2.42. The van der Waals surface area contributed by atoms with Crippen LogP contribution in [0.25, 0.3) is 0 Å². The van der Waals surface area contributed by atoms with Crippen molar-refractivity contribution in [1.29, 1.82) is 0 Å². The number of fused-ring (bicyclic) bond motifs is 1. The molecule has 10 heteroatoms. The third-order valence-electron chi connectivity index (χ3n) is 3.59. The Bertz CT molecular complexity index is 545. The van der Waals surface area contributed by atoms with E-state index >= 15 is 0 Å². The molecule has 0 aromatic carbocycles. The van der Waals surface area contributed by atoms with Crippen LogP contribution >= 0.6 is 19.5 Å². The van der Waals surface area contributed by atoms with Gasteiger partial charge in [0.2, 0.25) is 5.91 Å². The minimum atomic E-state index is -4.26. The Morgan fingerprint density at radius 1 is 1.52 bits per heavy atom. The van der Waals surface area contributed by atoms with Gasteiger partial charge >= 0.3 is 13.7 Å². The first-order chi connectivity index (χ1) is 9.76. The summed E-state index contributed by atoms with van der Waals surface area (Å²) < 4.78 is 10.7. The predicted octanol–water partition coefficient (Wildman–Crippen LogP) is 0.339. The van der Waals surface area contributed by atoms with Crippen LogP contribution in [0.15, 0.2) is 10.6 Å². The van der Waals surface area contributed by atoms with Gasteiger partial charge in [-0.3, -0.25) is 4.79 Å². The van der Waals surface area contributed by atoms with Crippen LogP contribution in [-0.2, 0) is 14.2 Å². The van der Waals surface area contributed by atoms with Gasteiger partial charge in [-0.1, -0.05) is 6.92 Å². The maximum atomic E-state index is 11.9. The number of amides is 1. The zero-order valence-corrected chi connectivity index (χ0v) is 13.1. The minimum absolute atomic E-state index is 0.0240. The lowest BCUT2D eigenvalue weighted by molar-refractivity contribution is -0.155. The molecule has 0 aromatic heterocycles. The summed E-state index contributed by atoms with van der Waals surface area (Å²) in [6.07, 6.45) is 1.19. The SMILES string of the molecule is CC[C@H]1C(=O)N2C(C(=O)O)=C(SCCNP(=O)(O)O)C[C@H]12. The number of carbonyl (C=O) groups excluding carboxylic acids is 1. The molecule has 1 fully saturated rings. The van der Waals surface area contributed by atoms with Crippen molar-refractivity contribution in [2.75, 3.05) is 12.3 Å². The molecule has 2 aliphatic heterocycles.